The van der Waals surface area contributed by atoms with Crippen molar-refractivity contribution in [2.24, 2.45) is 5.73 Å². The van der Waals surface area contributed by atoms with Crippen LogP contribution in [0.5, 0.6) is 0 Å². The molecular formula is C15H17N5S. The molecule has 1 aliphatic carbocycles. The zero-order chi connectivity index (χ0) is 14.2. The van der Waals surface area contributed by atoms with Gasteiger partial charge in [0.25, 0.3) is 0 Å². The lowest BCUT2D eigenvalue weighted by Gasteiger charge is -2.08. The quantitative estimate of drug-likeness (QED) is 0.807. The molecule has 3 aromatic rings. The summed E-state index contributed by atoms with van der Waals surface area (Å²) in [6.45, 7) is 0. The first-order chi connectivity index (χ1) is 10.3. The molecule has 0 spiro atoms. The van der Waals surface area contributed by atoms with E-state index in [-0.39, 0.29) is 6.04 Å². The second kappa shape index (κ2) is 5.20. The summed E-state index contributed by atoms with van der Waals surface area (Å²) in [4.78, 5) is 0.846. The van der Waals surface area contributed by atoms with Crippen molar-refractivity contribution in [3.8, 4) is 0 Å². The summed E-state index contributed by atoms with van der Waals surface area (Å²) in [5.74, 6) is 1.51. The van der Waals surface area contributed by atoms with Crippen molar-refractivity contribution in [3.05, 3.63) is 46.7 Å². The molecule has 1 saturated carbocycles. The van der Waals surface area contributed by atoms with Gasteiger partial charge in [0.15, 0.2) is 5.82 Å². The Balaban J connectivity index is 1.71. The number of hydrogen-bond acceptors (Lipinski definition) is 5. The molecule has 6 heteroatoms. The lowest BCUT2D eigenvalue weighted by molar-refractivity contribution is 0.634. The maximum Gasteiger partial charge on any atom is 0.234 e. The van der Waals surface area contributed by atoms with E-state index < -0.39 is 0 Å². The molecule has 1 atom stereocenters. The zero-order valence-electron chi connectivity index (χ0n) is 11.6. The first-order valence-corrected chi connectivity index (χ1v) is 8.17. The first kappa shape index (κ1) is 12.9. The number of nitrogens with zero attached hydrogens (tertiary/aromatic N) is 4. The van der Waals surface area contributed by atoms with E-state index in [9.17, 15) is 0 Å². The number of benzene rings is 1. The molecule has 0 radical (unpaired) electrons. The highest BCUT2D eigenvalue weighted by atomic mass is 32.1. The Morgan fingerprint density at radius 1 is 1.14 bits per heavy atom. The standard InChI is InChI=1S/C15H17N5S/c16-12(10-6-2-1-3-7-10)14-19-20-13(11-8-4-5-9-11)17-18-15(20)21-14/h1-3,6-7,11-12H,4-5,8-9,16H2. The second-order valence-electron chi connectivity index (χ2n) is 5.56. The summed E-state index contributed by atoms with van der Waals surface area (Å²) in [5.41, 5.74) is 7.40. The van der Waals surface area contributed by atoms with Gasteiger partial charge in [-0.15, -0.1) is 10.2 Å². The van der Waals surface area contributed by atoms with Crippen molar-refractivity contribution >= 4 is 16.3 Å². The van der Waals surface area contributed by atoms with Gasteiger partial charge < -0.3 is 5.73 Å². The van der Waals surface area contributed by atoms with E-state index in [4.69, 9.17) is 5.73 Å². The van der Waals surface area contributed by atoms with E-state index in [1.165, 1.54) is 37.0 Å². The van der Waals surface area contributed by atoms with Crippen molar-refractivity contribution in [2.75, 3.05) is 0 Å². The highest BCUT2D eigenvalue weighted by Crippen LogP contribution is 2.34. The van der Waals surface area contributed by atoms with Gasteiger partial charge in [0.05, 0.1) is 6.04 Å². The summed E-state index contributed by atoms with van der Waals surface area (Å²) >= 11 is 1.53. The molecule has 2 N–H and O–H groups in total. The smallest absolute Gasteiger partial charge is 0.234 e. The van der Waals surface area contributed by atoms with Gasteiger partial charge in [0, 0.05) is 5.92 Å². The van der Waals surface area contributed by atoms with Crippen molar-refractivity contribution in [3.63, 3.8) is 0 Å². The summed E-state index contributed by atoms with van der Waals surface area (Å²) in [6, 6.07) is 9.86. The Labute approximate surface area is 126 Å². The molecule has 1 aliphatic rings. The van der Waals surface area contributed by atoms with Crippen LogP contribution >= 0.6 is 11.3 Å². The fourth-order valence-corrected chi connectivity index (χ4v) is 3.89. The van der Waals surface area contributed by atoms with Crippen molar-refractivity contribution in [1.82, 2.24) is 19.8 Å². The average molecular weight is 299 g/mol. The molecule has 0 aliphatic heterocycles. The van der Waals surface area contributed by atoms with Crippen molar-refractivity contribution < 1.29 is 0 Å². The van der Waals surface area contributed by atoms with Crippen LogP contribution < -0.4 is 5.73 Å². The fourth-order valence-electron chi connectivity index (χ4n) is 3.01. The van der Waals surface area contributed by atoms with Crippen molar-refractivity contribution in [2.45, 2.75) is 37.6 Å². The van der Waals surface area contributed by atoms with Crippen LogP contribution in [0.2, 0.25) is 0 Å². The third-order valence-corrected chi connectivity index (χ3v) is 5.16. The van der Waals surface area contributed by atoms with Crippen LogP contribution in [0.4, 0.5) is 0 Å². The minimum atomic E-state index is -0.200. The predicted octanol–water partition coefficient (Wildman–Crippen LogP) is 2.89. The molecule has 1 unspecified atom stereocenters. The van der Waals surface area contributed by atoms with Gasteiger partial charge in [-0.2, -0.15) is 9.61 Å². The maximum atomic E-state index is 6.33. The number of hydrogen-bond donors (Lipinski definition) is 1. The normalized spacial score (nSPS) is 17.6. The van der Waals surface area contributed by atoms with Crippen molar-refractivity contribution in [1.29, 1.82) is 0 Å². The second-order valence-corrected chi connectivity index (χ2v) is 6.55. The highest BCUT2D eigenvalue weighted by Gasteiger charge is 2.25. The van der Waals surface area contributed by atoms with Gasteiger partial charge in [0.1, 0.15) is 5.01 Å². The SMILES string of the molecule is NC(c1ccccc1)c1nn2c(C3CCCC3)nnc2s1. The minimum Gasteiger partial charge on any atom is -0.318 e. The van der Waals surface area contributed by atoms with Crippen LogP contribution in [-0.2, 0) is 0 Å². The van der Waals surface area contributed by atoms with Gasteiger partial charge in [-0.05, 0) is 18.4 Å². The summed E-state index contributed by atoms with van der Waals surface area (Å²) in [6.07, 6.45) is 4.94. The molecule has 0 saturated heterocycles. The molecular weight excluding hydrogens is 282 g/mol. The Bertz CT molecular complexity index is 742. The third-order valence-electron chi connectivity index (χ3n) is 4.18. The fraction of sp³-hybridized carbons (Fsp3) is 0.400. The van der Waals surface area contributed by atoms with E-state index in [0.29, 0.717) is 5.92 Å². The molecule has 21 heavy (non-hydrogen) atoms. The van der Waals surface area contributed by atoms with Crippen LogP contribution in [-0.4, -0.2) is 19.8 Å². The Hall–Kier alpha value is -1.79. The molecule has 4 rings (SSSR count). The molecule has 0 amide bonds. The largest absolute Gasteiger partial charge is 0.318 e. The van der Waals surface area contributed by atoms with Crippen LogP contribution in [0.1, 0.15) is 54.0 Å². The van der Waals surface area contributed by atoms with Crippen LogP contribution in [0, 0.1) is 0 Å². The summed E-state index contributed by atoms with van der Waals surface area (Å²) < 4.78 is 1.90. The topological polar surface area (TPSA) is 69.1 Å². The number of fused-ring (bicyclic) bond motifs is 1. The molecule has 2 aromatic heterocycles. The highest BCUT2D eigenvalue weighted by molar-refractivity contribution is 7.16. The van der Waals surface area contributed by atoms with E-state index in [2.05, 4.69) is 15.3 Å². The van der Waals surface area contributed by atoms with E-state index in [1.54, 1.807) is 0 Å². The lowest BCUT2D eigenvalue weighted by atomic mass is 10.1. The summed E-state index contributed by atoms with van der Waals surface area (Å²) in [5, 5.41) is 14.2. The Morgan fingerprint density at radius 3 is 2.67 bits per heavy atom. The van der Waals surface area contributed by atoms with Crippen LogP contribution in [0.15, 0.2) is 30.3 Å². The molecule has 1 aromatic carbocycles. The van der Waals surface area contributed by atoms with Gasteiger partial charge in [-0.3, -0.25) is 0 Å². The number of nitrogens with two attached hydrogens (primary N) is 1. The molecule has 0 bridgehead atoms. The third kappa shape index (κ3) is 2.24. The Kier molecular flexibility index (Phi) is 3.20. The predicted molar refractivity (Wildman–Crippen MR) is 82.3 cm³/mol. The maximum absolute atomic E-state index is 6.33. The van der Waals surface area contributed by atoms with Gasteiger partial charge >= 0.3 is 0 Å². The number of rotatable bonds is 3. The van der Waals surface area contributed by atoms with Crippen LogP contribution in [0.3, 0.4) is 0 Å². The lowest BCUT2D eigenvalue weighted by Crippen LogP contribution is -2.12. The molecule has 5 nitrogen and oxygen atoms in total. The van der Waals surface area contributed by atoms with E-state index in [1.807, 2.05) is 34.8 Å². The average Bonchev–Trinajstić information content (AvgIpc) is 3.23. The minimum absolute atomic E-state index is 0.200. The van der Waals surface area contributed by atoms with Crippen LogP contribution in [0.25, 0.3) is 4.96 Å². The molecule has 2 heterocycles. The monoisotopic (exact) mass is 299 g/mol. The van der Waals surface area contributed by atoms with Gasteiger partial charge in [-0.25, -0.2) is 0 Å². The first-order valence-electron chi connectivity index (χ1n) is 7.35. The van der Waals surface area contributed by atoms with Gasteiger partial charge in [-0.1, -0.05) is 54.5 Å². The summed E-state index contributed by atoms with van der Waals surface area (Å²) in [7, 11) is 0. The van der Waals surface area contributed by atoms with E-state index in [0.717, 1.165) is 21.4 Å². The van der Waals surface area contributed by atoms with E-state index >= 15 is 0 Å². The Morgan fingerprint density at radius 2 is 1.90 bits per heavy atom. The molecule has 1 fully saturated rings. The number of aromatic nitrogens is 4. The molecule has 108 valence electrons. The van der Waals surface area contributed by atoms with Gasteiger partial charge in [0.2, 0.25) is 4.96 Å². The zero-order valence-corrected chi connectivity index (χ0v) is 12.5.